The number of phenols is 3. The van der Waals surface area contributed by atoms with Gasteiger partial charge >= 0.3 is 17.3 Å². The van der Waals surface area contributed by atoms with Crippen molar-refractivity contribution in [3.05, 3.63) is 145 Å². The van der Waals surface area contributed by atoms with Gasteiger partial charge in [-0.25, -0.2) is 13.6 Å². The van der Waals surface area contributed by atoms with Gasteiger partial charge in [0.05, 0.1) is 51.2 Å². The SMILES string of the molecule is Nc1c(O)c(Cl)cc(Cl)c1C(=O)Nc1ccc(F)cc1.O=C(Nc1ccc(F)cc1)c1c(Cl)cc(Cl)c(O)c1[N+](=O)[O-].O=C(O)c1c(Cl)cc(Cl)c(O)c1[N+](=O)[O-]. The predicted molar refractivity (Wildman–Crippen MR) is 208 cm³/mol. The molecule has 5 rings (SSSR count). The lowest BCUT2D eigenvalue weighted by molar-refractivity contribution is -0.386. The number of rotatable bonds is 7. The smallest absolute Gasteiger partial charge is 0.344 e. The minimum absolute atomic E-state index is 0.00455. The molecule has 2 amide bonds. The van der Waals surface area contributed by atoms with Gasteiger partial charge in [0.1, 0.15) is 17.2 Å². The molecule has 0 fully saturated rings. The van der Waals surface area contributed by atoms with E-state index in [1.807, 2.05) is 0 Å². The van der Waals surface area contributed by atoms with Gasteiger partial charge in [0.15, 0.2) is 11.3 Å². The lowest BCUT2D eigenvalue weighted by Crippen LogP contribution is -2.15. The highest BCUT2D eigenvalue weighted by molar-refractivity contribution is 6.40. The molecule has 0 unspecified atom stereocenters. The molecule has 0 aromatic heterocycles. The molecule has 5 aromatic rings. The van der Waals surface area contributed by atoms with E-state index < -0.39 is 84.0 Å². The first kappa shape index (κ1) is 45.5. The summed E-state index contributed by atoms with van der Waals surface area (Å²) in [5.74, 6) is -6.31. The van der Waals surface area contributed by atoms with Crippen molar-refractivity contribution in [3.8, 4) is 17.2 Å². The number of aromatic carboxylic acids is 1. The Kier molecular flexibility index (Phi) is 15.4. The van der Waals surface area contributed by atoms with E-state index in [1.54, 1.807) is 0 Å². The second kappa shape index (κ2) is 19.3. The summed E-state index contributed by atoms with van der Waals surface area (Å²) in [6, 6.07) is 13.1. The number of nitrogens with two attached hydrogens (primary N) is 1. The van der Waals surface area contributed by atoms with Crippen LogP contribution in [0, 0.1) is 31.9 Å². The summed E-state index contributed by atoms with van der Waals surface area (Å²) < 4.78 is 25.6. The van der Waals surface area contributed by atoms with Crippen LogP contribution in [-0.4, -0.2) is 48.1 Å². The Morgan fingerprint density at radius 1 is 0.561 bits per heavy atom. The molecule has 24 heteroatoms. The van der Waals surface area contributed by atoms with E-state index >= 15 is 0 Å². The van der Waals surface area contributed by atoms with Crippen molar-refractivity contribution < 1.29 is 53.4 Å². The van der Waals surface area contributed by atoms with Gasteiger partial charge < -0.3 is 36.8 Å². The molecule has 0 aliphatic rings. The van der Waals surface area contributed by atoms with Crippen LogP contribution in [0.2, 0.25) is 30.1 Å². The van der Waals surface area contributed by atoms with Crippen LogP contribution in [-0.2, 0) is 0 Å². The fourth-order valence-corrected chi connectivity index (χ4v) is 5.92. The quantitative estimate of drug-likeness (QED) is 0.0348. The van der Waals surface area contributed by atoms with Crippen LogP contribution in [0.3, 0.4) is 0 Å². The van der Waals surface area contributed by atoms with Gasteiger partial charge in [-0.1, -0.05) is 69.6 Å². The first-order valence-corrected chi connectivity index (χ1v) is 16.9. The number of nitro groups is 2. The van der Waals surface area contributed by atoms with Gasteiger partial charge in [-0.2, -0.15) is 0 Å². The van der Waals surface area contributed by atoms with Gasteiger partial charge in [0, 0.05) is 11.4 Å². The summed E-state index contributed by atoms with van der Waals surface area (Å²) in [6.07, 6.45) is 0. The maximum Gasteiger partial charge on any atom is 0.344 e. The van der Waals surface area contributed by atoms with Gasteiger partial charge in [-0.3, -0.25) is 29.8 Å². The molecule has 0 saturated heterocycles. The zero-order chi connectivity index (χ0) is 43.0. The zero-order valence-electron chi connectivity index (χ0n) is 27.5. The molecule has 8 N–H and O–H groups in total. The fourth-order valence-electron chi connectivity index (χ4n) is 4.28. The van der Waals surface area contributed by atoms with E-state index in [0.717, 1.165) is 24.3 Å². The number of nitrogen functional groups attached to an aromatic ring is 1. The van der Waals surface area contributed by atoms with Gasteiger partial charge in [-0.05, 0) is 66.7 Å². The summed E-state index contributed by atoms with van der Waals surface area (Å²) in [4.78, 5) is 54.4. The van der Waals surface area contributed by atoms with E-state index in [1.165, 1.54) is 42.5 Å². The van der Waals surface area contributed by atoms with Crippen LogP contribution in [0.1, 0.15) is 31.1 Å². The third-order valence-corrected chi connectivity index (χ3v) is 8.60. The molecule has 0 bridgehead atoms. The highest BCUT2D eigenvalue weighted by atomic mass is 35.5. The number of amides is 2. The van der Waals surface area contributed by atoms with Crippen LogP contribution < -0.4 is 16.4 Å². The Labute approximate surface area is 346 Å². The standard InChI is InChI=1S/C13H7Cl2FN2O4.C13H9Cl2FN2O2.C7H3Cl2NO5/c14-8-5-9(15)12(19)11(18(21)22)10(8)13(20)17-7-3-1-6(16)2-4-7;14-8-5-9(15)12(19)11(17)10(8)13(20)18-7-3-1-6(16)2-4-7;8-2-1-3(9)6(11)5(10(14)15)4(2)7(12)13/h1-5,19H,(H,17,20);1-5,19H,17H2,(H,18,20);1,11H,(H,12,13). The fraction of sp³-hybridized carbons (Fsp3) is 0. The van der Waals surface area contributed by atoms with Gasteiger partial charge in [0.25, 0.3) is 11.8 Å². The predicted octanol–water partition coefficient (Wildman–Crippen LogP) is 9.98. The normalized spacial score (nSPS) is 10.2. The highest BCUT2D eigenvalue weighted by Crippen LogP contribution is 2.42. The Morgan fingerprint density at radius 2 is 0.877 bits per heavy atom. The van der Waals surface area contributed by atoms with Crippen molar-refractivity contribution in [2.45, 2.75) is 0 Å². The van der Waals surface area contributed by atoms with Crippen LogP contribution in [0.4, 0.5) is 37.2 Å². The molecule has 0 aliphatic heterocycles. The monoisotopic (exact) mass is 909 g/mol. The average Bonchev–Trinajstić information content (AvgIpc) is 3.12. The summed E-state index contributed by atoms with van der Waals surface area (Å²) >= 11 is 33.9. The van der Waals surface area contributed by atoms with Crippen LogP contribution >= 0.6 is 69.6 Å². The van der Waals surface area contributed by atoms with Crippen molar-refractivity contribution in [1.82, 2.24) is 0 Å². The molecule has 0 heterocycles. The van der Waals surface area contributed by atoms with E-state index in [-0.39, 0.29) is 42.1 Å². The Morgan fingerprint density at radius 3 is 1.25 bits per heavy atom. The first-order valence-electron chi connectivity index (χ1n) is 14.6. The Bertz CT molecular complexity index is 2430. The number of carboxylic acid groups (broad SMARTS) is 1. The largest absolute Gasteiger partial charge is 0.504 e. The number of carbonyl (C=O) groups excluding carboxylic acids is 2. The summed E-state index contributed by atoms with van der Waals surface area (Å²) in [6.45, 7) is 0. The second-order valence-electron chi connectivity index (χ2n) is 10.5. The number of hydrogen-bond donors (Lipinski definition) is 7. The molecular weight excluding hydrogens is 893 g/mol. The number of carbonyl (C=O) groups is 3. The molecule has 0 aliphatic carbocycles. The number of phenolic OH excluding ortho intramolecular Hbond substituents is 3. The van der Waals surface area contributed by atoms with Gasteiger partial charge in [0.2, 0.25) is 11.5 Å². The molecular formula is C33H19Cl6F2N5O11. The average molecular weight is 912 g/mol. The van der Waals surface area contributed by atoms with Crippen LogP contribution in [0.25, 0.3) is 0 Å². The second-order valence-corrected chi connectivity index (χ2v) is 13.0. The number of hydrogen-bond acceptors (Lipinski definition) is 11. The summed E-state index contributed by atoms with van der Waals surface area (Å²) in [5, 5.41) is 62.1. The van der Waals surface area contributed by atoms with E-state index in [0.29, 0.717) is 5.69 Å². The topological polar surface area (TPSA) is 268 Å². The maximum atomic E-state index is 12.8. The zero-order valence-corrected chi connectivity index (χ0v) is 32.0. The van der Waals surface area contributed by atoms with Crippen molar-refractivity contribution in [1.29, 1.82) is 0 Å². The minimum atomic E-state index is -1.61. The molecule has 5 aromatic carbocycles. The van der Waals surface area contributed by atoms with E-state index in [9.17, 15) is 58.7 Å². The number of nitro benzene ring substituents is 2. The van der Waals surface area contributed by atoms with E-state index in [4.69, 9.17) is 80.4 Å². The van der Waals surface area contributed by atoms with Gasteiger partial charge in [-0.15, -0.1) is 0 Å². The van der Waals surface area contributed by atoms with Crippen molar-refractivity contribution in [3.63, 3.8) is 0 Å². The number of anilines is 3. The molecule has 298 valence electrons. The van der Waals surface area contributed by atoms with E-state index in [2.05, 4.69) is 10.6 Å². The van der Waals surface area contributed by atoms with Crippen LogP contribution in [0.15, 0.2) is 66.7 Å². The number of benzene rings is 5. The number of carboxylic acids is 1. The lowest BCUT2D eigenvalue weighted by atomic mass is 10.1. The number of nitrogens with one attached hydrogen (secondary N) is 2. The minimum Gasteiger partial charge on any atom is -0.504 e. The molecule has 0 spiro atoms. The molecule has 57 heavy (non-hydrogen) atoms. The third-order valence-electron chi connectivity index (χ3n) is 6.84. The Hall–Kier alpha value is -5.89. The van der Waals surface area contributed by atoms with Crippen molar-refractivity contribution in [2.75, 3.05) is 16.4 Å². The molecule has 0 saturated carbocycles. The number of halogens is 8. The van der Waals surface area contributed by atoms with Crippen molar-refractivity contribution in [2.24, 2.45) is 0 Å². The summed E-state index contributed by atoms with van der Waals surface area (Å²) in [5.41, 5.74) is 2.61. The first-order chi connectivity index (χ1) is 26.6. The Balaban J connectivity index is 0.000000233. The van der Waals surface area contributed by atoms with Crippen LogP contribution in [0.5, 0.6) is 17.2 Å². The highest BCUT2D eigenvalue weighted by Gasteiger charge is 2.31. The molecule has 0 radical (unpaired) electrons. The molecule has 16 nitrogen and oxygen atoms in total. The number of aromatic hydroxyl groups is 3. The lowest BCUT2D eigenvalue weighted by Gasteiger charge is -2.11. The maximum absolute atomic E-state index is 12.8. The number of nitrogens with zero attached hydrogens (tertiary/aromatic N) is 2. The van der Waals surface area contributed by atoms with Crippen molar-refractivity contribution >= 4 is 116 Å². The third kappa shape index (κ3) is 11.1. The summed E-state index contributed by atoms with van der Waals surface area (Å²) in [7, 11) is 0. The molecule has 0 atom stereocenters.